The molecule has 8 heteroatoms. The highest BCUT2D eigenvalue weighted by atomic mass is 35.5. The predicted molar refractivity (Wildman–Crippen MR) is 134 cm³/mol. The Bertz CT molecular complexity index is 1390. The maximum atomic E-state index is 13.1. The number of aryl methyl sites for hydroxylation is 2. The number of rotatable bonds is 9. The minimum Gasteiger partial charge on any atom is -0.323 e. The maximum absolute atomic E-state index is 13.1. The van der Waals surface area contributed by atoms with Crippen LogP contribution < -0.4 is 11.2 Å². The van der Waals surface area contributed by atoms with Crippen molar-refractivity contribution in [2.45, 2.75) is 52.1 Å². The van der Waals surface area contributed by atoms with Crippen molar-refractivity contribution in [3.63, 3.8) is 0 Å². The molecule has 0 unspecified atom stereocenters. The van der Waals surface area contributed by atoms with Crippen molar-refractivity contribution in [2.75, 3.05) is 0 Å². The van der Waals surface area contributed by atoms with E-state index < -0.39 is 0 Å². The Morgan fingerprint density at radius 3 is 2.52 bits per heavy atom. The van der Waals surface area contributed by atoms with E-state index in [9.17, 15) is 9.59 Å². The zero-order valence-electron chi connectivity index (χ0n) is 18.5. The van der Waals surface area contributed by atoms with Crippen LogP contribution in [0.3, 0.4) is 0 Å². The molecule has 0 amide bonds. The molecule has 172 valence electrons. The summed E-state index contributed by atoms with van der Waals surface area (Å²) in [5.41, 5.74) is 3.03. The van der Waals surface area contributed by atoms with Crippen LogP contribution in [0.5, 0.6) is 0 Å². The summed E-state index contributed by atoms with van der Waals surface area (Å²) in [4.78, 5) is 33.1. The molecule has 4 rings (SSSR count). The number of unbranched alkanes of at least 4 members (excludes halogenated alkanes) is 2. The number of fused-ring (bicyclic) bond motifs is 1. The minimum absolute atomic E-state index is 0.111. The lowest BCUT2D eigenvalue weighted by atomic mass is 10.0. The molecule has 2 aromatic heterocycles. The van der Waals surface area contributed by atoms with E-state index in [2.05, 4.69) is 23.0 Å². The van der Waals surface area contributed by atoms with Gasteiger partial charge in [-0.2, -0.15) is 4.98 Å². The van der Waals surface area contributed by atoms with Gasteiger partial charge in [-0.3, -0.25) is 13.9 Å². The fraction of sp³-hybridized carbons (Fsp3) is 0.320. The molecule has 0 spiro atoms. The molecule has 2 heterocycles. The van der Waals surface area contributed by atoms with Gasteiger partial charge in [0.2, 0.25) is 5.28 Å². The second-order valence-corrected chi connectivity index (χ2v) is 8.87. The number of hydrogen-bond acceptors (Lipinski definition) is 3. The first-order valence-electron chi connectivity index (χ1n) is 11.2. The smallest absolute Gasteiger partial charge is 0.323 e. The van der Waals surface area contributed by atoms with E-state index in [1.165, 1.54) is 4.57 Å². The van der Waals surface area contributed by atoms with Crippen molar-refractivity contribution in [3.05, 3.63) is 85.2 Å². The fourth-order valence-electron chi connectivity index (χ4n) is 4.09. The van der Waals surface area contributed by atoms with E-state index in [1.807, 2.05) is 42.5 Å². The molecule has 0 atom stereocenters. The van der Waals surface area contributed by atoms with E-state index in [1.54, 1.807) is 4.57 Å². The molecule has 0 saturated carbocycles. The van der Waals surface area contributed by atoms with Gasteiger partial charge < -0.3 is 4.98 Å². The van der Waals surface area contributed by atoms with Gasteiger partial charge >= 0.3 is 5.69 Å². The molecule has 0 bridgehead atoms. The summed E-state index contributed by atoms with van der Waals surface area (Å²) in [5.74, 6) is 0. The van der Waals surface area contributed by atoms with Crippen LogP contribution in [-0.4, -0.2) is 19.1 Å². The van der Waals surface area contributed by atoms with Crippen LogP contribution in [0.2, 0.25) is 10.3 Å². The van der Waals surface area contributed by atoms with Crippen molar-refractivity contribution in [2.24, 2.45) is 0 Å². The van der Waals surface area contributed by atoms with Gasteiger partial charge in [0.1, 0.15) is 0 Å². The van der Waals surface area contributed by atoms with Crippen molar-refractivity contribution < 1.29 is 0 Å². The monoisotopic (exact) mass is 484 g/mol. The number of nitrogens with zero attached hydrogens (tertiary/aromatic N) is 3. The van der Waals surface area contributed by atoms with Crippen LogP contribution in [0.15, 0.2) is 58.1 Å². The molecule has 0 aliphatic rings. The SMILES string of the molecule is CCCCCn1c(=O)n(CCCc2cccc(-c3ccccc3Cl)c2)c(=O)c2[nH]c(Cl)nc21. The topological polar surface area (TPSA) is 72.7 Å². The summed E-state index contributed by atoms with van der Waals surface area (Å²) >= 11 is 12.4. The molecule has 33 heavy (non-hydrogen) atoms. The number of hydrogen-bond donors (Lipinski definition) is 1. The first-order chi connectivity index (χ1) is 16.0. The Morgan fingerprint density at radius 2 is 1.73 bits per heavy atom. The molecule has 0 fully saturated rings. The third-order valence-electron chi connectivity index (χ3n) is 5.78. The lowest BCUT2D eigenvalue weighted by Gasteiger charge is -2.11. The molecule has 0 aliphatic heterocycles. The highest BCUT2D eigenvalue weighted by Gasteiger charge is 2.16. The van der Waals surface area contributed by atoms with E-state index in [0.717, 1.165) is 42.4 Å². The van der Waals surface area contributed by atoms with Gasteiger partial charge in [-0.1, -0.05) is 73.8 Å². The van der Waals surface area contributed by atoms with Gasteiger partial charge in [-0.25, -0.2) is 4.79 Å². The first-order valence-corrected chi connectivity index (χ1v) is 12.0. The average molecular weight is 485 g/mol. The Balaban J connectivity index is 1.57. The standard InChI is InChI=1S/C25H26Cl2N4O2/c1-2-3-6-14-30-22-21(28-24(27)29-22)23(32)31(25(30)33)15-8-10-17-9-7-11-18(16-17)19-12-4-5-13-20(19)26/h4-5,7,9,11-13,16H,2-3,6,8,10,14-15H2,1H3,(H,28,29). The number of H-pyrrole nitrogens is 1. The first kappa shape index (κ1) is 23.3. The molecular weight excluding hydrogens is 459 g/mol. The highest BCUT2D eigenvalue weighted by molar-refractivity contribution is 6.33. The zero-order chi connectivity index (χ0) is 23.4. The number of halogens is 2. The number of aromatic nitrogens is 4. The van der Waals surface area contributed by atoms with Crippen molar-refractivity contribution in [1.82, 2.24) is 19.1 Å². The average Bonchev–Trinajstić information content (AvgIpc) is 3.20. The second-order valence-electron chi connectivity index (χ2n) is 8.11. The molecule has 1 N–H and O–H groups in total. The summed E-state index contributed by atoms with van der Waals surface area (Å²) in [6, 6.07) is 15.9. The van der Waals surface area contributed by atoms with Gasteiger partial charge in [0, 0.05) is 23.7 Å². The summed E-state index contributed by atoms with van der Waals surface area (Å²) in [7, 11) is 0. The van der Waals surface area contributed by atoms with Crippen molar-refractivity contribution in [1.29, 1.82) is 0 Å². The molecule has 0 saturated heterocycles. The summed E-state index contributed by atoms with van der Waals surface area (Å²) in [5, 5.41) is 0.816. The Labute approximate surface area is 201 Å². The third-order valence-corrected chi connectivity index (χ3v) is 6.29. The van der Waals surface area contributed by atoms with Crippen LogP contribution >= 0.6 is 23.2 Å². The minimum atomic E-state index is -0.383. The number of imidazole rings is 1. The zero-order valence-corrected chi connectivity index (χ0v) is 20.0. The van der Waals surface area contributed by atoms with Crippen LogP contribution in [0.1, 0.15) is 38.2 Å². The predicted octanol–water partition coefficient (Wildman–Crippen LogP) is 5.68. The lowest BCUT2D eigenvalue weighted by molar-refractivity contribution is 0.526. The van der Waals surface area contributed by atoms with Gasteiger partial charge in [-0.15, -0.1) is 0 Å². The van der Waals surface area contributed by atoms with Crippen molar-refractivity contribution >= 4 is 34.4 Å². The number of benzene rings is 2. The normalized spacial score (nSPS) is 11.4. The maximum Gasteiger partial charge on any atom is 0.332 e. The van der Waals surface area contributed by atoms with E-state index >= 15 is 0 Å². The Hall–Kier alpha value is -2.83. The third kappa shape index (κ3) is 5.07. The Kier molecular flexibility index (Phi) is 7.36. The van der Waals surface area contributed by atoms with E-state index in [0.29, 0.717) is 30.2 Å². The molecule has 0 radical (unpaired) electrons. The van der Waals surface area contributed by atoms with Gasteiger partial charge in [-0.05, 0) is 48.1 Å². The van der Waals surface area contributed by atoms with Gasteiger partial charge in [0.15, 0.2) is 11.2 Å². The van der Waals surface area contributed by atoms with Crippen molar-refractivity contribution in [3.8, 4) is 11.1 Å². The molecule has 6 nitrogen and oxygen atoms in total. The largest absolute Gasteiger partial charge is 0.332 e. The Morgan fingerprint density at radius 1 is 0.939 bits per heavy atom. The van der Waals surface area contributed by atoms with Crippen LogP contribution in [0.4, 0.5) is 0 Å². The summed E-state index contributed by atoms with van der Waals surface area (Å²) in [6.45, 7) is 2.92. The van der Waals surface area contributed by atoms with Crippen LogP contribution in [0.25, 0.3) is 22.3 Å². The van der Waals surface area contributed by atoms with Crippen LogP contribution in [0, 0.1) is 0 Å². The van der Waals surface area contributed by atoms with Gasteiger partial charge in [0.05, 0.1) is 0 Å². The number of aromatic amines is 1. The summed E-state index contributed by atoms with van der Waals surface area (Å²) < 4.78 is 2.85. The highest BCUT2D eigenvalue weighted by Crippen LogP contribution is 2.28. The molecule has 0 aliphatic carbocycles. The quantitative estimate of drug-likeness (QED) is 0.245. The van der Waals surface area contributed by atoms with E-state index in [4.69, 9.17) is 23.2 Å². The molecule has 4 aromatic rings. The second kappa shape index (κ2) is 10.4. The lowest BCUT2D eigenvalue weighted by Crippen LogP contribution is -2.40. The molecular formula is C25H26Cl2N4O2. The number of nitrogens with one attached hydrogen (secondary N) is 1. The van der Waals surface area contributed by atoms with E-state index in [-0.39, 0.29) is 22.0 Å². The molecule has 2 aromatic carbocycles. The van der Waals surface area contributed by atoms with Crippen LogP contribution in [-0.2, 0) is 19.5 Å². The van der Waals surface area contributed by atoms with Gasteiger partial charge in [0.25, 0.3) is 5.56 Å². The summed E-state index contributed by atoms with van der Waals surface area (Å²) in [6.07, 6.45) is 4.23. The fourth-order valence-corrected chi connectivity index (χ4v) is 4.51.